The molecule has 0 spiro atoms. The van der Waals surface area contributed by atoms with Crippen molar-refractivity contribution in [1.29, 1.82) is 0 Å². The van der Waals surface area contributed by atoms with Gasteiger partial charge in [-0.1, -0.05) is 48.5 Å². The van der Waals surface area contributed by atoms with Crippen molar-refractivity contribution in [3.63, 3.8) is 0 Å². The van der Waals surface area contributed by atoms with E-state index < -0.39 is 5.97 Å². The Labute approximate surface area is 223 Å². The van der Waals surface area contributed by atoms with Gasteiger partial charge in [-0.25, -0.2) is 4.79 Å². The van der Waals surface area contributed by atoms with E-state index in [9.17, 15) is 14.7 Å². The van der Waals surface area contributed by atoms with E-state index in [1.54, 1.807) is 25.1 Å². The van der Waals surface area contributed by atoms with Gasteiger partial charge in [-0.3, -0.25) is 4.79 Å². The molecule has 1 fully saturated rings. The Morgan fingerprint density at radius 2 is 1.76 bits per heavy atom. The Morgan fingerprint density at radius 1 is 1.03 bits per heavy atom. The number of anilines is 2. The van der Waals surface area contributed by atoms with Crippen LogP contribution in [0.4, 0.5) is 11.4 Å². The summed E-state index contributed by atoms with van der Waals surface area (Å²) in [6.07, 6.45) is 2.49. The van der Waals surface area contributed by atoms with Crippen LogP contribution in [0.3, 0.4) is 0 Å². The molecular weight excluding hydrogens is 478 g/mol. The molecule has 196 valence electrons. The number of esters is 1. The molecule has 1 saturated heterocycles. The van der Waals surface area contributed by atoms with Gasteiger partial charge >= 0.3 is 5.97 Å². The zero-order valence-corrected chi connectivity index (χ0v) is 21.6. The number of piperidine rings is 1. The summed E-state index contributed by atoms with van der Waals surface area (Å²) in [7, 11) is 0. The number of hydrogen-bond acceptors (Lipinski definition) is 6. The SMILES string of the molecule is CCOC(=O)c1ccc2c(c1)NC(=O)/C2=C(\Nc1ccc(CCN2CCC(O)CC2)cc1)c1ccccc1. The lowest BCUT2D eigenvalue weighted by atomic mass is 9.99. The van der Waals surface area contributed by atoms with Gasteiger partial charge in [-0.2, -0.15) is 0 Å². The molecule has 0 aliphatic carbocycles. The molecular formula is C31H33N3O4. The number of aliphatic hydroxyl groups is 1. The van der Waals surface area contributed by atoms with Crippen LogP contribution in [-0.2, 0) is 16.0 Å². The third-order valence-electron chi connectivity index (χ3n) is 7.08. The fourth-order valence-electron chi connectivity index (χ4n) is 4.98. The predicted octanol–water partition coefficient (Wildman–Crippen LogP) is 4.80. The van der Waals surface area contributed by atoms with E-state index >= 15 is 0 Å². The molecule has 7 heteroatoms. The highest BCUT2D eigenvalue weighted by Gasteiger charge is 2.29. The molecule has 7 nitrogen and oxygen atoms in total. The minimum Gasteiger partial charge on any atom is -0.462 e. The molecule has 5 rings (SSSR count). The second-order valence-corrected chi connectivity index (χ2v) is 9.70. The van der Waals surface area contributed by atoms with Gasteiger partial charge < -0.3 is 25.4 Å². The fourth-order valence-corrected chi connectivity index (χ4v) is 4.98. The van der Waals surface area contributed by atoms with Gasteiger partial charge in [0.05, 0.1) is 35.2 Å². The highest BCUT2D eigenvalue weighted by molar-refractivity contribution is 6.37. The molecule has 38 heavy (non-hydrogen) atoms. The number of aliphatic hydroxyl groups excluding tert-OH is 1. The van der Waals surface area contributed by atoms with Crippen molar-refractivity contribution < 1.29 is 19.4 Å². The number of likely N-dealkylation sites (tertiary alicyclic amines) is 1. The lowest BCUT2D eigenvalue weighted by Gasteiger charge is -2.29. The maximum Gasteiger partial charge on any atom is 0.338 e. The van der Waals surface area contributed by atoms with E-state index in [2.05, 4.69) is 27.7 Å². The van der Waals surface area contributed by atoms with Crippen molar-refractivity contribution in [3.05, 3.63) is 95.1 Å². The second-order valence-electron chi connectivity index (χ2n) is 9.70. The zero-order valence-electron chi connectivity index (χ0n) is 21.6. The summed E-state index contributed by atoms with van der Waals surface area (Å²) in [5.74, 6) is -0.642. The maximum absolute atomic E-state index is 13.2. The number of benzene rings is 3. The maximum atomic E-state index is 13.2. The third-order valence-corrected chi connectivity index (χ3v) is 7.08. The topological polar surface area (TPSA) is 90.9 Å². The number of amides is 1. The fraction of sp³-hybridized carbons (Fsp3) is 0.290. The highest BCUT2D eigenvalue weighted by Crippen LogP contribution is 2.38. The van der Waals surface area contributed by atoms with Gasteiger partial charge in [0.1, 0.15) is 0 Å². The van der Waals surface area contributed by atoms with Crippen LogP contribution in [0.5, 0.6) is 0 Å². The molecule has 0 saturated carbocycles. The molecule has 3 aromatic carbocycles. The first-order chi connectivity index (χ1) is 18.5. The molecule has 0 unspecified atom stereocenters. The van der Waals surface area contributed by atoms with E-state index in [4.69, 9.17) is 4.74 Å². The van der Waals surface area contributed by atoms with Gasteiger partial charge in [0, 0.05) is 30.9 Å². The Balaban J connectivity index is 1.39. The van der Waals surface area contributed by atoms with Crippen LogP contribution in [-0.4, -0.2) is 54.2 Å². The summed E-state index contributed by atoms with van der Waals surface area (Å²) in [4.78, 5) is 27.8. The van der Waals surface area contributed by atoms with Crippen LogP contribution in [0.25, 0.3) is 11.3 Å². The van der Waals surface area contributed by atoms with Crippen molar-refractivity contribution in [2.45, 2.75) is 32.3 Å². The smallest absolute Gasteiger partial charge is 0.338 e. The van der Waals surface area contributed by atoms with Crippen molar-refractivity contribution in [1.82, 2.24) is 4.90 Å². The number of hydrogen-bond donors (Lipinski definition) is 3. The third kappa shape index (κ3) is 5.79. The largest absolute Gasteiger partial charge is 0.462 e. The summed E-state index contributed by atoms with van der Waals surface area (Å²) >= 11 is 0. The number of ether oxygens (including phenoxy) is 1. The quantitative estimate of drug-likeness (QED) is 0.298. The molecule has 0 radical (unpaired) electrons. The van der Waals surface area contributed by atoms with Gasteiger partial charge in [-0.05, 0) is 61.6 Å². The predicted molar refractivity (Wildman–Crippen MR) is 150 cm³/mol. The van der Waals surface area contributed by atoms with Crippen molar-refractivity contribution >= 4 is 34.5 Å². The molecule has 0 atom stereocenters. The van der Waals surface area contributed by atoms with Gasteiger partial charge in [0.15, 0.2) is 0 Å². The monoisotopic (exact) mass is 511 g/mol. The molecule has 0 bridgehead atoms. The Kier molecular flexibility index (Phi) is 7.86. The van der Waals surface area contributed by atoms with E-state index in [-0.39, 0.29) is 18.6 Å². The lowest BCUT2D eigenvalue weighted by molar-refractivity contribution is -0.110. The van der Waals surface area contributed by atoms with E-state index in [1.165, 1.54) is 5.56 Å². The first-order valence-corrected chi connectivity index (χ1v) is 13.2. The number of nitrogens with one attached hydrogen (secondary N) is 2. The first-order valence-electron chi connectivity index (χ1n) is 13.2. The average molecular weight is 512 g/mol. The van der Waals surface area contributed by atoms with Crippen LogP contribution in [0, 0.1) is 0 Å². The molecule has 0 aromatic heterocycles. The van der Waals surface area contributed by atoms with Crippen molar-refractivity contribution in [2.75, 3.05) is 36.9 Å². The first kappa shape index (κ1) is 25.7. The highest BCUT2D eigenvalue weighted by atomic mass is 16.5. The van der Waals surface area contributed by atoms with E-state index in [0.717, 1.165) is 55.7 Å². The van der Waals surface area contributed by atoms with Crippen LogP contribution in [0.1, 0.15) is 46.8 Å². The van der Waals surface area contributed by atoms with Crippen LogP contribution < -0.4 is 10.6 Å². The Morgan fingerprint density at radius 3 is 2.47 bits per heavy atom. The molecule has 2 aliphatic heterocycles. The second kappa shape index (κ2) is 11.6. The minimum atomic E-state index is -0.415. The summed E-state index contributed by atoms with van der Waals surface area (Å²) in [6, 6.07) is 23.2. The summed E-state index contributed by atoms with van der Waals surface area (Å²) < 4.78 is 5.11. The summed E-state index contributed by atoms with van der Waals surface area (Å²) in [6.45, 7) is 4.92. The zero-order chi connectivity index (χ0) is 26.5. The number of rotatable bonds is 8. The number of carbonyl (C=O) groups is 2. The number of nitrogens with zero attached hydrogens (tertiary/aromatic N) is 1. The standard InChI is InChI=1S/C31H33N3O4/c1-2-38-31(37)23-10-13-26-27(20-23)33-30(36)28(26)29(22-6-4-3-5-7-22)32-24-11-8-21(9-12-24)14-17-34-18-15-25(35)16-19-34/h3-13,20,25,32,35H,2,14-19H2,1H3,(H,33,36)/b29-28-. The Bertz CT molecular complexity index is 1330. The molecule has 3 N–H and O–H groups in total. The average Bonchev–Trinajstić information content (AvgIpc) is 3.27. The number of fused-ring (bicyclic) bond motifs is 1. The molecule has 3 aromatic rings. The molecule has 2 heterocycles. The Hall–Kier alpha value is -3.94. The summed E-state index contributed by atoms with van der Waals surface area (Å²) in [5.41, 5.74) is 5.96. The molecule has 2 aliphatic rings. The van der Waals surface area contributed by atoms with Crippen LogP contribution >= 0.6 is 0 Å². The van der Waals surface area contributed by atoms with E-state index in [0.29, 0.717) is 22.5 Å². The van der Waals surface area contributed by atoms with Crippen LogP contribution in [0.15, 0.2) is 72.8 Å². The van der Waals surface area contributed by atoms with Gasteiger partial charge in [0.25, 0.3) is 5.91 Å². The minimum absolute atomic E-state index is 0.155. The lowest BCUT2D eigenvalue weighted by Crippen LogP contribution is -2.37. The summed E-state index contributed by atoms with van der Waals surface area (Å²) in [5, 5.41) is 16.1. The van der Waals surface area contributed by atoms with Crippen molar-refractivity contribution in [2.24, 2.45) is 0 Å². The number of carbonyl (C=O) groups excluding carboxylic acids is 2. The van der Waals surface area contributed by atoms with Gasteiger partial charge in [-0.15, -0.1) is 0 Å². The van der Waals surface area contributed by atoms with Crippen LogP contribution in [0.2, 0.25) is 0 Å². The van der Waals surface area contributed by atoms with Gasteiger partial charge in [0.2, 0.25) is 0 Å². The van der Waals surface area contributed by atoms with Crippen molar-refractivity contribution in [3.8, 4) is 0 Å². The normalized spacial score (nSPS) is 17.1. The van der Waals surface area contributed by atoms with E-state index in [1.807, 2.05) is 42.5 Å². The molecule has 1 amide bonds.